The largest absolute Gasteiger partial charge is 1.00 e. The molecule has 0 aliphatic heterocycles. The number of rotatable bonds is 16. The Kier molecular flexibility index (Phi) is 51.1. The smallest absolute Gasteiger partial charge is 0.652 e. The van der Waals surface area contributed by atoms with Crippen molar-refractivity contribution in [1.29, 1.82) is 0 Å². The molecular weight excluding hydrogens is 377 g/mol. The molecule has 0 unspecified atom stereocenters. The van der Waals surface area contributed by atoms with Crippen LogP contribution < -0.4 is 104 Å². The zero-order chi connectivity index (χ0) is 18.5. The van der Waals surface area contributed by atoms with Crippen molar-refractivity contribution < 1.29 is 114 Å². The first-order valence-electron chi connectivity index (χ1n) is 9.58. The zero-order valence-electron chi connectivity index (χ0n) is 18.4. The fraction of sp³-hybridized carbons (Fsp3) is 0.895. The zero-order valence-corrected chi connectivity index (χ0v) is 24.4. The molecule has 0 aliphatic carbocycles. The monoisotopic (exact) mass is 412 g/mol. The predicted molar refractivity (Wildman–Crippen MR) is 89.9 cm³/mol. The Bertz CT molecular complexity index is 289. The van der Waals surface area contributed by atoms with E-state index >= 15 is 0 Å². The quantitative estimate of drug-likeness (QED) is 0.185. The second-order valence-corrected chi connectivity index (χ2v) is 6.32. The summed E-state index contributed by atoms with van der Waals surface area (Å²) in [7, 11) is 0. The van der Waals surface area contributed by atoms with E-state index in [9.17, 15) is 9.90 Å². The van der Waals surface area contributed by atoms with Crippen molar-refractivity contribution in [2.24, 2.45) is 0 Å². The maximum atomic E-state index is 10.2. The molecule has 5 nitrogen and oxygen atoms in total. The fourth-order valence-electron chi connectivity index (χ4n) is 2.64. The summed E-state index contributed by atoms with van der Waals surface area (Å²) in [4.78, 5) is 18.6. The Morgan fingerprint density at radius 1 is 0.519 bits per heavy atom. The molecule has 0 N–H and O–H groups in total. The summed E-state index contributed by atoms with van der Waals surface area (Å²) >= 11 is 0. The SMILES string of the molecule is CCCCCCCCCCCCCCCCCC(=O)[O-].O=C([O-])[O-].[Na+].[Na+].[Na+]. The van der Waals surface area contributed by atoms with Crippen molar-refractivity contribution in [1.82, 2.24) is 0 Å². The predicted octanol–water partition coefficient (Wildman–Crippen LogP) is -6.44. The third-order valence-corrected chi connectivity index (χ3v) is 3.98. The van der Waals surface area contributed by atoms with Gasteiger partial charge in [-0.1, -0.05) is 96.8 Å². The molecule has 0 saturated carbocycles. The van der Waals surface area contributed by atoms with Gasteiger partial charge in [0.05, 0.1) is 0 Å². The van der Waals surface area contributed by atoms with Gasteiger partial charge in [0, 0.05) is 5.97 Å². The molecule has 0 atom stereocenters. The molecular formula is C19H35Na3O5. The maximum Gasteiger partial charge on any atom is 1.00 e. The number of carbonyl (C=O) groups is 2. The molecule has 0 rings (SSSR count). The van der Waals surface area contributed by atoms with Gasteiger partial charge < -0.3 is 24.9 Å². The van der Waals surface area contributed by atoms with Gasteiger partial charge in [-0.3, -0.25) is 0 Å². The van der Waals surface area contributed by atoms with Gasteiger partial charge in [-0.15, -0.1) is 0 Å². The van der Waals surface area contributed by atoms with Gasteiger partial charge in [0.1, 0.15) is 0 Å². The number of aliphatic carboxylic acids is 1. The molecule has 0 radical (unpaired) electrons. The maximum absolute atomic E-state index is 10.2. The molecule has 0 spiro atoms. The van der Waals surface area contributed by atoms with Gasteiger partial charge in [0.15, 0.2) is 0 Å². The molecule has 0 heterocycles. The van der Waals surface area contributed by atoms with Crippen molar-refractivity contribution in [2.75, 3.05) is 0 Å². The van der Waals surface area contributed by atoms with Gasteiger partial charge in [-0.25, -0.2) is 0 Å². The van der Waals surface area contributed by atoms with E-state index in [1.807, 2.05) is 0 Å². The van der Waals surface area contributed by atoms with Crippen LogP contribution in [0.1, 0.15) is 110 Å². The molecule has 27 heavy (non-hydrogen) atoms. The van der Waals surface area contributed by atoms with Crippen LogP contribution in [-0.2, 0) is 4.79 Å². The standard InChI is InChI=1S/C18H36O2.CH2O3.3Na/c1-2-3-4-5-6-7-8-9-10-11-12-13-14-15-16-17-18(19)20;2-1(3)4;;;/h2-17H2,1H3,(H,19,20);(H2,2,3,4);;;/q;;3*+1/p-3. The molecule has 0 aliphatic rings. The van der Waals surface area contributed by atoms with Gasteiger partial charge in [-0.2, -0.15) is 0 Å². The number of carboxylic acids is 1. The summed E-state index contributed by atoms with van der Waals surface area (Å²) in [6.45, 7) is 2.27. The van der Waals surface area contributed by atoms with E-state index in [0.29, 0.717) is 0 Å². The van der Waals surface area contributed by atoms with Gasteiger partial charge in [0.25, 0.3) is 0 Å². The van der Waals surface area contributed by atoms with E-state index in [1.54, 1.807) is 0 Å². The van der Waals surface area contributed by atoms with Crippen LogP contribution >= 0.6 is 0 Å². The number of unbranched alkanes of at least 4 members (excludes halogenated alkanes) is 14. The van der Waals surface area contributed by atoms with Crippen LogP contribution in [0.25, 0.3) is 0 Å². The Balaban J connectivity index is -0.000000209. The van der Waals surface area contributed by atoms with Crippen molar-refractivity contribution in [3.05, 3.63) is 0 Å². The third-order valence-electron chi connectivity index (χ3n) is 3.98. The molecule has 0 bridgehead atoms. The van der Waals surface area contributed by atoms with Crippen molar-refractivity contribution in [3.8, 4) is 0 Å². The van der Waals surface area contributed by atoms with E-state index in [4.69, 9.17) is 15.0 Å². The van der Waals surface area contributed by atoms with E-state index in [2.05, 4.69) is 6.92 Å². The Morgan fingerprint density at radius 3 is 0.963 bits per heavy atom. The number of hydrogen-bond acceptors (Lipinski definition) is 5. The Hall–Kier alpha value is 1.74. The molecule has 0 aromatic carbocycles. The number of carboxylic acid groups (broad SMARTS) is 3. The topological polar surface area (TPSA) is 103 Å². The van der Waals surface area contributed by atoms with E-state index < -0.39 is 12.1 Å². The second kappa shape index (κ2) is 35.2. The fourth-order valence-corrected chi connectivity index (χ4v) is 2.64. The molecule has 8 heteroatoms. The minimum Gasteiger partial charge on any atom is -0.652 e. The van der Waals surface area contributed by atoms with Crippen molar-refractivity contribution in [2.45, 2.75) is 110 Å². The second-order valence-electron chi connectivity index (χ2n) is 6.32. The number of carbonyl (C=O) groups excluding carboxylic acids is 2. The first-order chi connectivity index (χ1) is 11.5. The molecule has 0 aromatic rings. The van der Waals surface area contributed by atoms with Crippen LogP contribution in [0.3, 0.4) is 0 Å². The minimum atomic E-state index is -2.33. The first kappa shape index (κ1) is 39.2. The summed E-state index contributed by atoms with van der Waals surface area (Å²) in [5.41, 5.74) is 0. The molecule has 144 valence electrons. The van der Waals surface area contributed by atoms with E-state index in [-0.39, 0.29) is 95.1 Å². The van der Waals surface area contributed by atoms with Crippen LogP contribution in [0, 0.1) is 0 Å². The minimum absolute atomic E-state index is 0. The molecule has 0 amide bonds. The molecule has 0 saturated heterocycles. The summed E-state index contributed by atoms with van der Waals surface area (Å²) in [5.74, 6) is -0.903. The van der Waals surface area contributed by atoms with Gasteiger partial charge in [0.2, 0.25) is 0 Å². The van der Waals surface area contributed by atoms with Gasteiger partial charge in [-0.05, 0) is 19.0 Å². The Morgan fingerprint density at radius 2 is 0.741 bits per heavy atom. The van der Waals surface area contributed by atoms with Crippen LogP contribution in [0.2, 0.25) is 0 Å². The Labute approximate surface area is 232 Å². The van der Waals surface area contributed by atoms with Gasteiger partial charge >= 0.3 is 88.7 Å². The van der Waals surface area contributed by atoms with E-state index in [0.717, 1.165) is 12.8 Å². The van der Waals surface area contributed by atoms with Crippen LogP contribution in [-0.4, -0.2) is 12.1 Å². The number of hydrogen-bond donors (Lipinski definition) is 0. The van der Waals surface area contributed by atoms with Crippen molar-refractivity contribution >= 4 is 12.1 Å². The third kappa shape index (κ3) is 52.3. The van der Waals surface area contributed by atoms with E-state index in [1.165, 1.54) is 83.5 Å². The molecule has 0 fully saturated rings. The average Bonchev–Trinajstić information content (AvgIpc) is 2.50. The van der Waals surface area contributed by atoms with Crippen LogP contribution in [0.15, 0.2) is 0 Å². The average molecular weight is 412 g/mol. The summed E-state index contributed by atoms with van der Waals surface area (Å²) in [6.07, 6.45) is 17.5. The van der Waals surface area contributed by atoms with Crippen molar-refractivity contribution in [3.63, 3.8) is 0 Å². The normalized spacial score (nSPS) is 8.93. The summed E-state index contributed by atoms with van der Waals surface area (Å²) in [6, 6.07) is 0. The first-order valence-corrected chi connectivity index (χ1v) is 9.58. The summed E-state index contributed by atoms with van der Waals surface area (Å²) < 4.78 is 0. The summed E-state index contributed by atoms with van der Waals surface area (Å²) in [5, 5.41) is 26.9. The van der Waals surface area contributed by atoms with Crippen LogP contribution in [0.5, 0.6) is 0 Å². The van der Waals surface area contributed by atoms with Crippen LogP contribution in [0.4, 0.5) is 4.79 Å². The molecule has 0 aromatic heterocycles.